The van der Waals surface area contributed by atoms with Crippen molar-refractivity contribution in [1.29, 1.82) is 0 Å². The smallest absolute Gasteiger partial charge is 0.337 e. The van der Waals surface area contributed by atoms with Crippen LogP contribution < -0.4 is 0 Å². The van der Waals surface area contributed by atoms with E-state index in [0.717, 1.165) is 11.1 Å². The highest BCUT2D eigenvalue weighted by Crippen LogP contribution is 2.22. The number of nitrogens with zero attached hydrogens (tertiary/aromatic N) is 1. The van der Waals surface area contributed by atoms with E-state index in [9.17, 15) is 9.59 Å². The molecule has 4 nitrogen and oxygen atoms in total. The van der Waals surface area contributed by atoms with Crippen molar-refractivity contribution >= 4 is 17.7 Å². The highest BCUT2D eigenvalue weighted by Gasteiger charge is 2.05. The fourth-order valence-electron chi connectivity index (χ4n) is 1.70. The lowest BCUT2D eigenvalue weighted by molar-refractivity contribution is 0.0601. The molecule has 0 saturated heterocycles. The van der Waals surface area contributed by atoms with Crippen LogP contribution >= 0.6 is 0 Å². The van der Waals surface area contributed by atoms with E-state index in [1.165, 1.54) is 13.2 Å². The summed E-state index contributed by atoms with van der Waals surface area (Å²) in [5, 5.41) is 0. The highest BCUT2D eigenvalue weighted by molar-refractivity contribution is 5.90. The van der Waals surface area contributed by atoms with E-state index in [4.69, 9.17) is 0 Å². The number of hydrogen-bond acceptors (Lipinski definition) is 4. The third-order valence-electron chi connectivity index (χ3n) is 2.68. The Labute approximate surface area is 110 Å². The molecule has 2 rings (SSSR count). The molecule has 0 aromatic heterocycles. The molecular weight excluding hydrogens is 242 g/mol. The predicted molar refractivity (Wildman–Crippen MR) is 71.0 cm³/mol. The van der Waals surface area contributed by atoms with E-state index in [2.05, 4.69) is 9.73 Å². The number of rotatable bonds is 3. The molecule has 0 aliphatic carbocycles. The number of ether oxygens (including phenoxy) is 1. The first-order chi connectivity index (χ1) is 9.24. The van der Waals surface area contributed by atoms with Crippen LogP contribution in [0.3, 0.4) is 0 Å². The molecule has 0 aliphatic rings. The molecule has 0 amide bonds. The Balaban J connectivity index is 2.26. The SMILES string of the molecule is COC(=O)c1ccc(-c2ccc(N=C=O)cc2)cc1. The molecule has 0 bridgehead atoms. The fourth-order valence-corrected chi connectivity index (χ4v) is 1.70. The fraction of sp³-hybridized carbons (Fsp3) is 0.0667. The van der Waals surface area contributed by atoms with Crippen LogP contribution in [0.2, 0.25) is 0 Å². The van der Waals surface area contributed by atoms with Crippen LogP contribution in [0.5, 0.6) is 0 Å². The van der Waals surface area contributed by atoms with Gasteiger partial charge in [0.05, 0.1) is 18.4 Å². The predicted octanol–water partition coefficient (Wildman–Crippen LogP) is 3.11. The van der Waals surface area contributed by atoms with Crippen LogP contribution in [0, 0.1) is 0 Å². The van der Waals surface area contributed by atoms with E-state index in [1.54, 1.807) is 24.3 Å². The van der Waals surface area contributed by atoms with E-state index in [-0.39, 0.29) is 5.97 Å². The van der Waals surface area contributed by atoms with Gasteiger partial charge in [-0.2, -0.15) is 4.99 Å². The van der Waals surface area contributed by atoms with Gasteiger partial charge in [0.15, 0.2) is 0 Å². The molecule has 0 fully saturated rings. The molecule has 2 aromatic rings. The molecule has 0 atom stereocenters. The first kappa shape index (κ1) is 12.7. The maximum absolute atomic E-state index is 11.3. The highest BCUT2D eigenvalue weighted by atomic mass is 16.5. The third kappa shape index (κ3) is 2.94. The summed E-state index contributed by atoms with van der Waals surface area (Å²) in [7, 11) is 1.35. The minimum atomic E-state index is -0.359. The molecule has 0 N–H and O–H groups in total. The van der Waals surface area contributed by atoms with Crippen molar-refractivity contribution in [2.75, 3.05) is 7.11 Å². The summed E-state index contributed by atoms with van der Waals surface area (Å²) in [6, 6.07) is 14.3. The van der Waals surface area contributed by atoms with Gasteiger partial charge in [-0.1, -0.05) is 24.3 Å². The maximum Gasteiger partial charge on any atom is 0.337 e. The van der Waals surface area contributed by atoms with Gasteiger partial charge < -0.3 is 4.74 Å². The Hall–Kier alpha value is -2.71. The lowest BCUT2D eigenvalue weighted by Crippen LogP contribution is -2.00. The number of esters is 1. The van der Waals surface area contributed by atoms with Crippen molar-refractivity contribution in [2.45, 2.75) is 0 Å². The van der Waals surface area contributed by atoms with Gasteiger partial charge in [-0.05, 0) is 35.4 Å². The Morgan fingerprint density at radius 1 is 1.00 bits per heavy atom. The van der Waals surface area contributed by atoms with E-state index >= 15 is 0 Å². The third-order valence-corrected chi connectivity index (χ3v) is 2.68. The van der Waals surface area contributed by atoms with Crippen molar-refractivity contribution < 1.29 is 14.3 Å². The molecule has 0 unspecified atom stereocenters. The lowest BCUT2D eigenvalue weighted by Gasteiger charge is -2.03. The maximum atomic E-state index is 11.3. The zero-order chi connectivity index (χ0) is 13.7. The number of benzene rings is 2. The Morgan fingerprint density at radius 3 is 2.00 bits per heavy atom. The van der Waals surface area contributed by atoms with Crippen LogP contribution in [0.15, 0.2) is 53.5 Å². The number of aliphatic imine (C=N–C) groups is 1. The number of isocyanates is 1. The van der Waals surface area contributed by atoms with Gasteiger partial charge in [0.2, 0.25) is 6.08 Å². The first-order valence-electron chi connectivity index (χ1n) is 5.61. The van der Waals surface area contributed by atoms with Crippen LogP contribution in [0.25, 0.3) is 11.1 Å². The summed E-state index contributed by atoms with van der Waals surface area (Å²) in [5.74, 6) is -0.359. The second-order valence-electron chi connectivity index (χ2n) is 3.82. The molecule has 0 heterocycles. The normalized spacial score (nSPS) is 9.53. The minimum Gasteiger partial charge on any atom is -0.465 e. The van der Waals surface area contributed by atoms with Crippen molar-refractivity contribution in [3.63, 3.8) is 0 Å². The van der Waals surface area contributed by atoms with Gasteiger partial charge >= 0.3 is 5.97 Å². The lowest BCUT2D eigenvalue weighted by atomic mass is 10.0. The van der Waals surface area contributed by atoms with E-state index in [0.29, 0.717) is 11.3 Å². The van der Waals surface area contributed by atoms with Gasteiger partial charge in [0, 0.05) is 0 Å². The van der Waals surface area contributed by atoms with Crippen molar-refractivity contribution in [3.8, 4) is 11.1 Å². The molecule has 0 spiro atoms. The average Bonchev–Trinajstić information content (AvgIpc) is 2.48. The summed E-state index contributed by atoms with van der Waals surface area (Å²) >= 11 is 0. The second kappa shape index (κ2) is 5.76. The zero-order valence-corrected chi connectivity index (χ0v) is 10.3. The van der Waals surface area contributed by atoms with Crippen LogP contribution in [0.4, 0.5) is 5.69 Å². The van der Waals surface area contributed by atoms with E-state index < -0.39 is 0 Å². The number of methoxy groups -OCH3 is 1. The second-order valence-corrected chi connectivity index (χ2v) is 3.82. The summed E-state index contributed by atoms with van der Waals surface area (Å²) in [4.78, 5) is 25.0. The molecule has 4 heteroatoms. The zero-order valence-electron chi connectivity index (χ0n) is 10.3. The Bertz CT molecular complexity index is 623. The first-order valence-corrected chi connectivity index (χ1v) is 5.61. The monoisotopic (exact) mass is 253 g/mol. The van der Waals surface area contributed by atoms with Crippen molar-refractivity contribution in [2.24, 2.45) is 4.99 Å². The Kier molecular flexibility index (Phi) is 3.86. The van der Waals surface area contributed by atoms with Crippen LogP contribution in [-0.2, 0) is 9.53 Å². The minimum absolute atomic E-state index is 0.359. The van der Waals surface area contributed by atoms with Gasteiger partial charge in [-0.15, -0.1) is 0 Å². The Morgan fingerprint density at radius 2 is 1.53 bits per heavy atom. The molecule has 0 aliphatic heterocycles. The standard InChI is InChI=1S/C15H11NO3/c1-19-15(18)13-4-2-11(3-5-13)12-6-8-14(9-7-12)16-10-17/h2-9H,1H3. The molecular formula is C15H11NO3. The van der Waals surface area contributed by atoms with Gasteiger partial charge in [0.1, 0.15) is 0 Å². The summed E-state index contributed by atoms with van der Waals surface area (Å²) < 4.78 is 4.64. The summed E-state index contributed by atoms with van der Waals surface area (Å²) in [5.41, 5.74) is 3.01. The van der Waals surface area contributed by atoms with Crippen molar-refractivity contribution in [3.05, 3.63) is 54.1 Å². The van der Waals surface area contributed by atoms with E-state index in [1.807, 2.05) is 24.3 Å². The average molecular weight is 253 g/mol. The number of carbonyl (C=O) groups is 1. The van der Waals surface area contributed by atoms with Gasteiger partial charge in [0.25, 0.3) is 0 Å². The number of hydrogen-bond donors (Lipinski definition) is 0. The largest absolute Gasteiger partial charge is 0.465 e. The molecule has 2 aromatic carbocycles. The van der Waals surface area contributed by atoms with Gasteiger partial charge in [-0.25, -0.2) is 9.59 Å². The molecule has 0 radical (unpaired) electrons. The van der Waals surface area contributed by atoms with Crippen LogP contribution in [0.1, 0.15) is 10.4 Å². The van der Waals surface area contributed by atoms with Gasteiger partial charge in [-0.3, -0.25) is 0 Å². The molecule has 19 heavy (non-hydrogen) atoms. The van der Waals surface area contributed by atoms with Crippen LogP contribution in [-0.4, -0.2) is 19.2 Å². The summed E-state index contributed by atoms with van der Waals surface area (Å²) in [6.07, 6.45) is 1.49. The van der Waals surface area contributed by atoms with Crippen molar-refractivity contribution in [1.82, 2.24) is 0 Å². The summed E-state index contributed by atoms with van der Waals surface area (Å²) in [6.45, 7) is 0. The molecule has 0 saturated carbocycles. The topological polar surface area (TPSA) is 55.7 Å². The number of carbonyl (C=O) groups excluding carboxylic acids is 2. The quantitative estimate of drug-likeness (QED) is 0.479. The molecule has 94 valence electrons.